The van der Waals surface area contributed by atoms with Crippen molar-refractivity contribution < 1.29 is 14.0 Å². The summed E-state index contributed by atoms with van der Waals surface area (Å²) in [6.45, 7) is 2.04. The number of nitrogens with one attached hydrogen (secondary N) is 1. The van der Waals surface area contributed by atoms with Crippen LogP contribution in [-0.2, 0) is 4.79 Å². The second kappa shape index (κ2) is 6.66. The quantitative estimate of drug-likeness (QED) is 0.874. The Bertz CT molecular complexity index is 570. The molecule has 1 atom stereocenters. The third-order valence-corrected chi connectivity index (χ3v) is 4.90. The van der Waals surface area contributed by atoms with Gasteiger partial charge in [0.05, 0.1) is 6.04 Å². The molecule has 5 nitrogen and oxygen atoms in total. The van der Waals surface area contributed by atoms with Crippen LogP contribution in [0.4, 0.5) is 4.39 Å². The van der Waals surface area contributed by atoms with Crippen molar-refractivity contribution in [1.82, 2.24) is 15.1 Å². The Hall–Kier alpha value is -1.60. The summed E-state index contributed by atoms with van der Waals surface area (Å²) >= 11 is 1.72. The second-order valence-electron chi connectivity index (χ2n) is 5.40. The number of hydrogen-bond donors (Lipinski definition) is 1. The van der Waals surface area contributed by atoms with Crippen LogP contribution in [0.2, 0.25) is 0 Å². The van der Waals surface area contributed by atoms with Crippen molar-refractivity contribution >= 4 is 23.6 Å². The van der Waals surface area contributed by atoms with Crippen LogP contribution in [0.5, 0.6) is 0 Å². The molecule has 0 saturated carbocycles. The largest absolute Gasteiger partial charge is 0.338 e. The molecule has 22 heavy (non-hydrogen) atoms. The number of carbonyl (C=O) groups is 2. The van der Waals surface area contributed by atoms with Crippen molar-refractivity contribution in [3.8, 4) is 0 Å². The highest BCUT2D eigenvalue weighted by molar-refractivity contribution is 7.99. The fraction of sp³-hybridized carbons (Fsp3) is 0.467. The van der Waals surface area contributed by atoms with E-state index in [4.69, 9.17) is 0 Å². The molecule has 0 radical (unpaired) electrons. The summed E-state index contributed by atoms with van der Waals surface area (Å²) in [7, 11) is 0. The number of hydrogen-bond acceptors (Lipinski definition) is 4. The highest BCUT2D eigenvalue weighted by Crippen LogP contribution is 2.15. The van der Waals surface area contributed by atoms with Gasteiger partial charge in [0.2, 0.25) is 5.91 Å². The van der Waals surface area contributed by atoms with Crippen LogP contribution in [0.25, 0.3) is 0 Å². The molecule has 1 aromatic rings. The number of benzene rings is 1. The molecule has 2 aliphatic heterocycles. The van der Waals surface area contributed by atoms with Gasteiger partial charge in [-0.05, 0) is 18.2 Å². The van der Waals surface area contributed by atoms with E-state index >= 15 is 0 Å². The van der Waals surface area contributed by atoms with Crippen LogP contribution in [-0.4, -0.2) is 65.5 Å². The predicted molar refractivity (Wildman–Crippen MR) is 83.1 cm³/mol. The van der Waals surface area contributed by atoms with E-state index in [9.17, 15) is 14.0 Å². The van der Waals surface area contributed by atoms with Gasteiger partial charge in [-0.3, -0.25) is 14.9 Å². The zero-order valence-electron chi connectivity index (χ0n) is 12.1. The minimum Gasteiger partial charge on any atom is -0.338 e. The number of amides is 2. The Labute approximate surface area is 132 Å². The SMILES string of the molecule is O=C(c1cccc(F)c1)N1CCN(C(=O)C2CSCN2)CC1. The topological polar surface area (TPSA) is 52.7 Å². The Kier molecular flexibility index (Phi) is 4.63. The molecule has 2 aliphatic rings. The summed E-state index contributed by atoms with van der Waals surface area (Å²) in [5.41, 5.74) is 0.355. The summed E-state index contributed by atoms with van der Waals surface area (Å²) in [6, 6.07) is 5.61. The molecule has 7 heteroatoms. The minimum absolute atomic E-state index is 0.101. The third kappa shape index (κ3) is 3.25. The van der Waals surface area contributed by atoms with Crippen molar-refractivity contribution in [3.05, 3.63) is 35.6 Å². The van der Waals surface area contributed by atoms with E-state index in [-0.39, 0.29) is 17.9 Å². The van der Waals surface area contributed by atoms with Gasteiger partial charge in [-0.15, -0.1) is 11.8 Å². The number of piperazine rings is 1. The molecule has 0 aliphatic carbocycles. The lowest BCUT2D eigenvalue weighted by atomic mass is 10.1. The maximum absolute atomic E-state index is 13.2. The van der Waals surface area contributed by atoms with Gasteiger partial charge in [-0.25, -0.2) is 4.39 Å². The molecule has 118 valence electrons. The van der Waals surface area contributed by atoms with E-state index in [1.807, 2.05) is 0 Å². The molecule has 1 unspecified atom stereocenters. The highest BCUT2D eigenvalue weighted by Gasteiger charge is 2.30. The molecule has 0 aromatic heterocycles. The van der Waals surface area contributed by atoms with Gasteiger partial charge in [-0.2, -0.15) is 0 Å². The van der Waals surface area contributed by atoms with Crippen LogP contribution < -0.4 is 5.32 Å². The first kappa shape index (κ1) is 15.3. The van der Waals surface area contributed by atoms with E-state index < -0.39 is 5.82 Å². The van der Waals surface area contributed by atoms with E-state index in [0.29, 0.717) is 31.7 Å². The molecule has 1 N–H and O–H groups in total. The van der Waals surface area contributed by atoms with Gasteiger partial charge >= 0.3 is 0 Å². The van der Waals surface area contributed by atoms with Crippen molar-refractivity contribution in [2.24, 2.45) is 0 Å². The lowest BCUT2D eigenvalue weighted by Crippen LogP contribution is -2.54. The molecule has 2 amide bonds. The Balaban J connectivity index is 1.57. The van der Waals surface area contributed by atoms with Crippen molar-refractivity contribution in [2.75, 3.05) is 37.8 Å². The van der Waals surface area contributed by atoms with Gasteiger partial charge in [0.25, 0.3) is 5.91 Å². The van der Waals surface area contributed by atoms with Crippen LogP contribution in [0.1, 0.15) is 10.4 Å². The van der Waals surface area contributed by atoms with Crippen LogP contribution in [0, 0.1) is 5.82 Å². The lowest BCUT2D eigenvalue weighted by Gasteiger charge is -2.35. The molecule has 3 rings (SSSR count). The molecule has 1 aromatic carbocycles. The number of halogens is 1. The Morgan fingerprint density at radius 3 is 2.55 bits per heavy atom. The average Bonchev–Trinajstić information content (AvgIpc) is 3.08. The summed E-state index contributed by atoms with van der Waals surface area (Å²) in [4.78, 5) is 28.1. The van der Waals surface area contributed by atoms with Crippen LogP contribution in [0.3, 0.4) is 0 Å². The summed E-state index contributed by atoms with van der Waals surface area (Å²) < 4.78 is 13.2. The zero-order chi connectivity index (χ0) is 15.5. The number of carbonyl (C=O) groups excluding carboxylic acids is 2. The molecular formula is C15H18FN3O2S. The molecular weight excluding hydrogens is 305 g/mol. The highest BCUT2D eigenvalue weighted by atomic mass is 32.2. The summed E-state index contributed by atoms with van der Waals surface area (Å²) in [6.07, 6.45) is 0. The second-order valence-corrected chi connectivity index (χ2v) is 6.43. The maximum atomic E-state index is 13.2. The van der Waals surface area contributed by atoms with E-state index in [1.165, 1.54) is 18.2 Å². The predicted octanol–water partition coefficient (Wildman–Crippen LogP) is 0.773. The molecule has 2 saturated heterocycles. The fourth-order valence-corrected chi connectivity index (χ4v) is 3.64. The number of rotatable bonds is 2. The van der Waals surface area contributed by atoms with Crippen molar-refractivity contribution in [2.45, 2.75) is 6.04 Å². The molecule has 2 heterocycles. The zero-order valence-corrected chi connectivity index (χ0v) is 12.9. The van der Waals surface area contributed by atoms with E-state index in [0.717, 1.165) is 11.6 Å². The first-order chi connectivity index (χ1) is 10.6. The van der Waals surface area contributed by atoms with Crippen LogP contribution >= 0.6 is 11.8 Å². The number of nitrogens with zero attached hydrogens (tertiary/aromatic N) is 2. The van der Waals surface area contributed by atoms with Crippen LogP contribution in [0.15, 0.2) is 24.3 Å². The van der Waals surface area contributed by atoms with Gasteiger partial charge in [0, 0.05) is 43.4 Å². The van der Waals surface area contributed by atoms with Gasteiger partial charge < -0.3 is 9.80 Å². The normalized spacial score (nSPS) is 22.0. The van der Waals surface area contributed by atoms with Crippen molar-refractivity contribution in [3.63, 3.8) is 0 Å². The Morgan fingerprint density at radius 2 is 1.91 bits per heavy atom. The standard InChI is InChI=1S/C15H18FN3O2S/c16-12-3-1-2-11(8-12)14(20)18-4-6-19(7-5-18)15(21)13-9-22-10-17-13/h1-3,8,13,17H,4-7,9-10H2. The molecule has 2 fully saturated rings. The maximum Gasteiger partial charge on any atom is 0.254 e. The third-order valence-electron chi connectivity index (χ3n) is 3.96. The Morgan fingerprint density at radius 1 is 1.18 bits per heavy atom. The summed E-state index contributed by atoms with van der Waals surface area (Å²) in [5, 5.41) is 3.17. The number of thioether (sulfide) groups is 1. The lowest BCUT2D eigenvalue weighted by molar-refractivity contribution is -0.134. The summed E-state index contributed by atoms with van der Waals surface area (Å²) in [5.74, 6) is 1.14. The fourth-order valence-electron chi connectivity index (χ4n) is 2.71. The molecule has 0 spiro atoms. The first-order valence-corrected chi connectivity index (χ1v) is 8.45. The van der Waals surface area contributed by atoms with Gasteiger partial charge in [0.15, 0.2) is 0 Å². The minimum atomic E-state index is -0.413. The smallest absolute Gasteiger partial charge is 0.254 e. The van der Waals surface area contributed by atoms with E-state index in [2.05, 4.69) is 5.32 Å². The van der Waals surface area contributed by atoms with Gasteiger partial charge in [0.1, 0.15) is 5.82 Å². The van der Waals surface area contributed by atoms with Crippen molar-refractivity contribution in [1.29, 1.82) is 0 Å². The molecule has 0 bridgehead atoms. The monoisotopic (exact) mass is 323 g/mol. The average molecular weight is 323 g/mol. The van der Waals surface area contributed by atoms with E-state index in [1.54, 1.807) is 27.6 Å². The van der Waals surface area contributed by atoms with Gasteiger partial charge in [-0.1, -0.05) is 6.07 Å². The first-order valence-electron chi connectivity index (χ1n) is 7.30.